The van der Waals surface area contributed by atoms with E-state index in [2.05, 4.69) is 46.0 Å². The topological polar surface area (TPSA) is 167 Å². The summed E-state index contributed by atoms with van der Waals surface area (Å²) >= 11 is 0. The number of carbonyl (C=O) groups is 4. The Morgan fingerprint density at radius 3 is 2.07 bits per heavy atom. The maximum atomic E-state index is 14.1. The number of esters is 1. The molecule has 4 N–H and O–H groups in total. The number of carbonyl (C=O) groups excluding carboxylic acids is 4. The van der Waals surface area contributed by atoms with Gasteiger partial charge in [-0.15, -0.1) is 0 Å². The average molecular weight is 1030 g/mol. The Morgan fingerprint density at radius 1 is 0.760 bits per heavy atom. The maximum Gasteiger partial charge on any atom is 0.407 e. The van der Waals surface area contributed by atoms with Crippen LogP contribution in [0.2, 0.25) is 0 Å². The zero-order chi connectivity index (χ0) is 53.5. The fraction of sp³-hybridized carbons (Fsp3) is 0.619. The molecule has 1 heterocycles. The first-order valence-corrected chi connectivity index (χ1v) is 28.4. The van der Waals surface area contributed by atoms with Gasteiger partial charge in [-0.1, -0.05) is 120 Å². The number of alkyl carbamates (subject to hydrolysis) is 1. The zero-order valence-electron chi connectivity index (χ0n) is 46.0. The van der Waals surface area contributed by atoms with Gasteiger partial charge in [0.2, 0.25) is 11.8 Å². The number of hydrogen-bond donors (Lipinski definition) is 3. The van der Waals surface area contributed by atoms with Crippen LogP contribution in [0.1, 0.15) is 154 Å². The van der Waals surface area contributed by atoms with Crippen LogP contribution < -0.4 is 20.5 Å². The summed E-state index contributed by atoms with van der Waals surface area (Å²) in [4.78, 5) is 54.0. The molecule has 4 fully saturated rings. The van der Waals surface area contributed by atoms with Gasteiger partial charge in [-0.05, 0) is 145 Å². The number of fused-ring (bicyclic) bond motifs is 5. The first-order valence-electron chi connectivity index (χ1n) is 28.4. The number of methoxy groups -OCH3 is 2. The fourth-order valence-corrected chi connectivity index (χ4v) is 15.3. The number of hydrogen-bond acceptors (Lipinski definition) is 9. The molecule has 0 aromatic heterocycles. The third kappa shape index (κ3) is 12.0. The third-order valence-corrected chi connectivity index (χ3v) is 19.3. The van der Waals surface area contributed by atoms with Crippen LogP contribution in [-0.2, 0) is 29.3 Å². The predicted octanol–water partition coefficient (Wildman–Crippen LogP) is 11.3. The van der Waals surface area contributed by atoms with E-state index < -0.39 is 41.5 Å². The van der Waals surface area contributed by atoms with Crippen molar-refractivity contribution in [3.63, 3.8) is 0 Å². The normalized spacial score (nSPS) is 28.0. The number of benzene rings is 3. The van der Waals surface area contributed by atoms with Gasteiger partial charge in [0.15, 0.2) is 0 Å². The van der Waals surface area contributed by atoms with E-state index >= 15 is 0 Å². The van der Waals surface area contributed by atoms with Crippen molar-refractivity contribution < 1.29 is 43.2 Å². The molecule has 8 rings (SSSR count). The molecule has 8 unspecified atom stereocenters. The molecule has 1 aliphatic heterocycles. The number of primary amides is 1. The molecular formula is C63H87N3O9. The minimum Gasteiger partial charge on any atom is -0.497 e. The Labute approximate surface area is 447 Å². The number of aliphatic hydroxyl groups excluding tert-OH is 1. The first kappa shape index (κ1) is 55.9. The van der Waals surface area contributed by atoms with Crippen molar-refractivity contribution in [3.05, 3.63) is 107 Å². The second kappa shape index (κ2) is 24.3. The van der Waals surface area contributed by atoms with Gasteiger partial charge in [0, 0.05) is 38.3 Å². The van der Waals surface area contributed by atoms with Crippen LogP contribution in [0.25, 0.3) is 0 Å². The summed E-state index contributed by atoms with van der Waals surface area (Å²) in [6, 6.07) is 24.8. The summed E-state index contributed by atoms with van der Waals surface area (Å²) in [5.74, 6) is 3.79. The number of allylic oxidation sites excluding steroid dienone is 1. The number of aliphatic hydroxyl groups is 1. The highest BCUT2D eigenvalue weighted by atomic mass is 16.6. The van der Waals surface area contributed by atoms with Gasteiger partial charge >= 0.3 is 12.1 Å². The predicted molar refractivity (Wildman–Crippen MR) is 292 cm³/mol. The van der Waals surface area contributed by atoms with Crippen LogP contribution in [-0.4, -0.2) is 86.0 Å². The number of unbranched alkanes of at least 4 members (excludes halogenated alkanes) is 1. The monoisotopic (exact) mass is 1030 g/mol. The van der Waals surface area contributed by atoms with Crippen LogP contribution in [0, 0.1) is 52.3 Å². The summed E-state index contributed by atoms with van der Waals surface area (Å²) in [5, 5.41) is 16.1. The molecule has 11 atom stereocenters. The molecule has 408 valence electrons. The summed E-state index contributed by atoms with van der Waals surface area (Å²) in [6.07, 6.45) is 14.1. The van der Waals surface area contributed by atoms with E-state index in [1.54, 1.807) is 19.1 Å². The molecule has 3 amide bonds. The van der Waals surface area contributed by atoms with E-state index in [9.17, 15) is 24.3 Å². The van der Waals surface area contributed by atoms with Crippen molar-refractivity contribution in [3.8, 4) is 11.5 Å². The molecular weight excluding hydrogens is 943 g/mol. The average Bonchev–Trinajstić information content (AvgIpc) is 4.00. The molecule has 3 aromatic carbocycles. The molecule has 12 nitrogen and oxygen atoms in total. The second-order valence-electron chi connectivity index (χ2n) is 24.0. The van der Waals surface area contributed by atoms with E-state index in [0.717, 1.165) is 72.0 Å². The minimum absolute atomic E-state index is 0.0558. The van der Waals surface area contributed by atoms with Gasteiger partial charge in [0.1, 0.15) is 23.7 Å². The van der Waals surface area contributed by atoms with E-state index in [1.807, 2.05) is 78.9 Å². The van der Waals surface area contributed by atoms with E-state index in [0.29, 0.717) is 42.2 Å². The van der Waals surface area contributed by atoms with Gasteiger partial charge < -0.3 is 40.0 Å². The molecule has 0 spiro atoms. The van der Waals surface area contributed by atoms with Crippen molar-refractivity contribution in [2.75, 3.05) is 33.9 Å². The van der Waals surface area contributed by atoms with Crippen molar-refractivity contribution >= 4 is 23.9 Å². The molecule has 75 heavy (non-hydrogen) atoms. The van der Waals surface area contributed by atoms with Gasteiger partial charge in [-0.3, -0.25) is 14.4 Å². The van der Waals surface area contributed by atoms with Crippen LogP contribution in [0.4, 0.5) is 4.79 Å². The highest BCUT2D eigenvalue weighted by Gasteiger charge is 2.59. The van der Waals surface area contributed by atoms with Crippen LogP contribution in [0.5, 0.6) is 11.5 Å². The lowest BCUT2D eigenvalue weighted by atomic mass is 9.47. The Morgan fingerprint density at radius 2 is 1.43 bits per heavy atom. The van der Waals surface area contributed by atoms with Crippen molar-refractivity contribution in [1.29, 1.82) is 0 Å². The van der Waals surface area contributed by atoms with Crippen LogP contribution in [0.3, 0.4) is 0 Å². The Hall–Kier alpha value is -5.36. The van der Waals surface area contributed by atoms with E-state index in [4.69, 9.17) is 24.7 Å². The summed E-state index contributed by atoms with van der Waals surface area (Å²) < 4.78 is 23.2. The third-order valence-electron chi connectivity index (χ3n) is 19.3. The lowest BCUT2D eigenvalue weighted by Gasteiger charge is -2.58. The van der Waals surface area contributed by atoms with Crippen molar-refractivity contribution in [2.24, 2.45) is 58.0 Å². The van der Waals surface area contributed by atoms with E-state index in [-0.39, 0.29) is 49.8 Å². The minimum atomic E-state index is -1.24. The molecule has 12 heteroatoms. The Bertz CT molecular complexity index is 2390. The molecule has 1 saturated heterocycles. The van der Waals surface area contributed by atoms with Crippen molar-refractivity contribution in [1.82, 2.24) is 10.2 Å². The molecule has 4 aliphatic carbocycles. The quantitative estimate of drug-likeness (QED) is 0.0384. The number of amides is 3. The lowest BCUT2D eigenvalue weighted by molar-refractivity contribution is -0.153. The number of rotatable bonds is 22. The first-order chi connectivity index (χ1) is 36.0. The summed E-state index contributed by atoms with van der Waals surface area (Å²) in [5.41, 5.74) is 8.60. The lowest BCUT2D eigenvalue weighted by Crippen LogP contribution is -2.51. The SMILES string of the molecule is COc1ccc(C(c2ccccc2)(c2ccc(OC)cc2)C(O)C2CN(C(=O)CCCCNC(=O)OC3CC[C@@]4(C)C(=CCC5C4CC[C@@]4(C)C5CC[C@@H]4C(C)CCCC(C)C)C3)CC2OC(=O)CCC(N)=O)cc1. The number of nitrogens with one attached hydrogen (secondary N) is 1. The van der Waals surface area contributed by atoms with Gasteiger partial charge in [0.05, 0.1) is 38.7 Å². The number of nitrogens with zero attached hydrogens (tertiary/aromatic N) is 1. The highest BCUT2D eigenvalue weighted by molar-refractivity contribution is 5.80. The maximum absolute atomic E-state index is 14.1. The number of nitrogens with two attached hydrogens (primary N) is 1. The van der Waals surface area contributed by atoms with Gasteiger partial charge in [-0.25, -0.2) is 4.79 Å². The van der Waals surface area contributed by atoms with E-state index in [1.165, 1.54) is 50.5 Å². The highest BCUT2D eigenvalue weighted by Crippen LogP contribution is 2.67. The largest absolute Gasteiger partial charge is 0.497 e. The molecule has 3 saturated carbocycles. The smallest absolute Gasteiger partial charge is 0.407 e. The summed E-state index contributed by atoms with van der Waals surface area (Å²) in [6.45, 7) is 12.9. The van der Waals surface area contributed by atoms with Gasteiger partial charge in [-0.2, -0.15) is 0 Å². The zero-order valence-corrected chi connectivity index (χ0v) is 46.0. The van der Waals surface area contributed by atoms with Crippen LogP contribution >= 0.6 is 0 Å². The molecule has 3 aromatic rings. The second-order valence-corrected chi connectivity index (χ2v) is 24.0. The fourth-order valence-electron chi connectivity index (χ4n) is 15.3. The molecule has 0 radical (unpaired) electrons. The van der Waals surface area contributed by atoms with Gasteiger partial charge in [0.25, 0.3) is 0 Å². The number of ether oxygens (including phenoxy) is 4. The molecule has 0 bridgehead atoms. The van der Waals surface area contributed by atoms with Crippen molar-refractivity contribution in [2.45, 2.75) is 161 Å². The Kier molecular flexibility index (Phi) is 18.1. The van der Waals surface area contributed by atoms with Crippen LogP contribution in [0.15, 0.2) is 90.5 Å². The molecule has 5 aliphatic rings. The number of likely N-dealkylation sites (tertiary alicyclic amines) is 1. The Balaban J connectivity index is 0.878. The standard InChI is InChI=1S/C63H87N3O9/c1-41(2)14-13-15-42(3)52-29-30-53-50-28-23-46-38-49(33-35-61(46,4)54(50)34-36-62(52,53)5)74-60(71)65-37-12-11-18-57(68)66-39-51(55(40-66)75-58(69)32-31-56(64)67)59(70)63(43-16-9-8-10-17-43,44-19-24-47(72-6)25-20-44)45-21-26-48(73-7)27-22-45/h8-10,16-17,19-27,41-42,49-55,59,70H,11-15,18,28-40H2,1-7H3,(H2,64,67)(H,65,71)/t42?,49?,50?,51?,52-,53?,54?,55?,59?,61+,62-/m1/s1. The summed E-state index contributed by atoms with van der Waals surface area (Å²) in [7, 11) is 3.19.